The highest BCUT2D eigenvalue weighted by Crippen LogP contribution is 2.44. The van der Waals surface area contributed by atoms with Gasteiger partial charge in [0.1, 0.15) is 0 Å². The van der Waals surface area contributed by atoms with Gasteiger partial charge >= 0.3 is 0 Å². The van der Waals surface area contributed by atoms with Gasteiger partial charge < -0.3 is 14.4 Å². The Labute approximate surface area is 610 Å². The molecule has 7 nitrogen and oxygen atoms in total. The van der Waals surface area contributed by atoms with Crippen molar-refractivity contribution in [2.24, 2.45) is 0 Å². The molecule has 14 aromatic carbocycles. The maximum absolute atomic E-state index is 9.96. The van der Waals surface area contributed by atoms with E-state index in [2.05, 4.69) is 315 Å². The Hall–Kier alpha value is -13.0. The summed E-state index contributed by atoms with van der Waals surface area (Å²) < 4.78 is 18.9. The number of rotatable bonds is 13. The second-order valence-electron chi connectivity index (χ2n) is 24.7. The topological polar surface area (TPSA) is 63.0 Å². The average molecular weight is 1400 g/mol. The third-order valence-electron chi connectivity index (χ3n) is 18.2. The van der Waals surface area contributed by atoms with Crippen LogP contribution in [0.2, 0.25) is 0 Å². The zero-order chi connectivity index (χ0) is 70.4. The van der Waals surface area contributed by atoms with Gasteiger partial charge in [-0.1, -0.05) is 283 Å². The van der Waals surface area contributed by atoms with Crippen molar-refractivity contribution in [2.75, 3.05) is 17.0 Å². The van der Waals surface area contributed by atoms with Crippen LogP contribution in [-0.4, -0.2) is 31.7 Å². The van der Waals surface area contributed by atoms with Crippen molar-refractivity contribution in [1.82, 2.24) is 24.5 Å². The number of halogens is 2. The quantitative estimate of drug-likeness (QED) is 0.115. The highest BCUT2D eigenvalue weighted by molar-refractivity contribution is 9.10. The maximum atomic E-state index is 9.96. The molecule has 0 radical (unpaired) electrons. The first-order valence-electron chi connectivity index (χ1n) is 34.9. The Kier molecular flexibility index (Phi) is 19.5. The normalized spacial score (nSPS) is 11.1. The number of hydrogen-bond acceptors (Lipinski definition) is 6. The smallest absolute Gasteiger partial charge is 0.160 e. The first-order valence-corrected chi connectivity index (χ1v) is 35.0. The van der Waals surface area contributed by atoms with Crippen LogP contribution in [0.3, 0.4) is 0 Å². The number of anilines is 6. The summed E-state index contributed by atoms with van der Waals surface area (Å²) >= 11 is 3.49. The lowest BCUT2D eigenvalue weighted by Crippen LogP contribution is -2.09. The van der Waals surface area contributed by atoms with Crippen LogP contribution in [0.5, 0.6) is 0 Å². The molecule has 0 fully saturated rings. The third kappa shape index (κ3) is 14.6. The number of nitrogens with zero attached hydrogens (tertiary/aromatic N) is 7. The molecule has 0 amide bonds. The van der Waals surface area contributed by atoms with Crippen molar-refractivity contribution >= 4 is 71.9 Å². The number of aromatic nitrogens is 5. The molecule has 3 heterocycles. The monoisotopic (exact) mass is 1390 g/mol. The number of hydrogen-bond donors (Lipinski definition) is 0. The molecular formula is C94H69BrFN7. The van der Waals surface area contributed by atoms with E-state index in [0.717, 1.165) is 107 Å². The van der Waals surface area contributed by atoms with Gasteiger partial charge in [-0.05, 0) is 150 Å². The second kappa shape index (κ2) is 31.1. The van der Waals surface area contributed by atoms with E-state index < -0.39 is 7.15 Å². The molecule has 0 bridgehead atoms. The Morgan fingerprint density at radius 1 is 0.301 bits per heavy atom. The summed E-state index contributed by atoms with van der Waals surface area (Å²) in [7, 11) is -1.00. The lowest BCUT2D eigenvalue weighted by atomic mass is 10.0. The molecule has 9 heteroatoms. The predicted molar refractivity (Wildman–Crippen MR) is 430 cm³/mol. The molecule has 0 unspecified atom stereocenters. The zero-order valence-corrected chi connectivity index (χ0v) is 57.8. The van der Waals surface area contributed by atoms with E-state index in [0.29, 0.717) is 5.82 Å². The Balaban J connectivity index is 0.000000135. The fourth-order valence-electron chi connectivity index (χ4n) is 13.4. The SMILES string of the molecule is Brc1ccc(-c2cc(-c3ccccc3)nc(-c3ccccc3)n2)cc1.[2H]CF.c1ccc(-c2cc(-c3ccc(-n4c5ccccc5c5cc(N(c6ccccc6)c6ccccc6)ccc54)cc3)nc(-c3ccccc3)n2)cc1.c1ccc(N(c2ccccc2)c2ccc3c(c2)-c2ccccc2C3)cc1. The molecule has 17 aromatic rings. The van der Waals surface area contributed by atoms with E-state index in [9.17, 15) is 4.39 Å². The number of benzene rings is 14. The summed E-state index contributed by atoms with van der Waals surface area (Å²) in [5.41, 5.74) is 25.7. The first-order chi connectivity index (χ1) is 51.4. The van der Waals surface area contributed by atoms with Crippen molar-refractivity contribution < 1.29 is 5.76 Å². The molecule has 1 aliphatic carbocycles. The second-order valence-corrected chi connectivity index (χ2v) is 25.6. The van der Waals surface area contributed by atoms with E-state index in [1.54, 1.807) is 0 Å². The van der Waals surface area contributed by atoms with Crippen molar-refractivity contribution in [3.05, 3.63) is 404 Å². The number of alkyl halides is 1. The fourth-order valence-corrected chi connectivity index (χ4v) is 13.6. The average Bonchev–Trinajstić information content (AvgIpc) is 1.59. The summed E-state index contributed by atoms with van der Waals surface area (Å²) in [6, 6.07) is 135. The largest absolute Gasteiger partial charge is 0.310 e. The van der Waals surface area contributed by atoms with Gasteiger partial charge in [-0.2, -0.15) is 0 Å². The van der Waals surface area contributed by atoms with Crippen LogP contribution in [0, 0.1) is 0 Å². The van der Waals surface area contributed by atoms with Crippen LogP contribution in [0.15, 0.2) is 393 Å². The molecule has 0 saturated heterocycles. The van der Waals surface area contributed by atoms with Gasteiger partial charge in [0.05, 0.1) is 42.3 Å². The van der Waals surface area contributed by atoms with Crippen LogP contribution >= 0.6 is 15.9 Å². The summed E-state index contributed by atoms with van der Waals surface area (Å²) in [5.74, 6) is 1.45. The molecule has 0 N–H and O–H groups in total. The zero-order valence-electron chi connectivity index (χ0n) is 57.3. The molecule has 494 valence electrons. The summed E-state index contributed by atoms with van der Waals surface area (Å²) in [6.07, 6.45) is 1.03. The molecule has 0 atom stereocenters. The van der Waals surface area contributed by atoms with E-state index in [-0.39, 0.29) is 0 Å². The van der Waals surface area contributed by atoms with E-state index in [1.807, 2.05) is 103 Å². The first kappa shape index (κ1) is 64.7. The minimum atomic E-state index is -1.00. The molecular weight excluding hydrogens is 1330 g/mol. The molecule has 0 saturated carbocycles. The summed E-state index contributed by atoms with van der Waals surface area (Å²) in [6.45, 7) is 0. The van der Waals surface area contributed by atoms with E-state index in [4.69, 9.17) is 21.3 Å². The highest BCUT2D eigenvalue weighted by atomic mass is 79.9. The summed E-state index contributed by atoms with van der Waals surface area (Å²) in [5, 5.41) is 2.42. The van der Waals surface area contributed by atoms with Gasteiger partial charge in [-0.3, -0.25) is 4.39 Å². The predicted octanol–water partition coefficient (Wildman–Crippen LogP) is 25.6. The Morgan fingerprint density at radius 2 is 0.641 bits per heavy atom. The molecule has 0 spiro atoms. The molecule has 103 heavy (non-hydrogen) atoms. The fraction of sp³-hybridized carbons (Fsp3) is 0.0213. The number of fused-ring (bicyclic) bond motifs is 6. The van der Waals surface area contributed by atoms with Gasteiger partial charge in [0.25, 0.3) is 0 Å². The maximum Gasteiger partial charge on any atom is 0.160 e. The lowest BCUT2D eigenvalue weighted by molar-refractivity contribution is 0.636. The van der Waals surface area contributed by atoms with Crippen molar-refractivity contribution in [3.8, 4) is 84.6 Å². The van der Waals surface area contributed by atoms with Crippen molar-refractivity contribution in [3.63, 3.8) is 0 Å². The molecule has 0 aliphatic heterocycles. The van der Waals surface area contributed by atoms with Crippen LogP contribution in [0.1, 0.15) is 12.5 Å². The van der Waals surface area contributed by atoms with Gasteiger partial charge in [-0.25, -0.2) is 19.9 Å². The summed E-state index contributed by atoms with van der Waals surface area (Å²) in [4.78, 5) is 24.2. The molecule has 3 aromatic heterocycles. The third-order valence-corrected chi connectivity index (χ3v) is 18.8. The number of para-hydroxylation sites is 5. The van der Waals surface area contributed by atoms with Crippen LogP contribution in [0.25, 0.3) is 106 Å². The lowest BCUT2D eigenvalue weighted by Gasteiger charge is -2.26. The van der Waals surface area contributed by atoms with Crippen molar-refractivity contribution in [2.45, 2.75) is 6.42 Å². The molecule has 18 rings (SSSR count). The van der Waals surface area contributed by atoms with Crippen molar-refractivity contribution in [1.29, 1.82) is 0 Å². The van der Waals surface area contributed by atoms with Crippen LogP contribution < -0.4 is 9.80 Å². The minimum absolute atomic E-state index is 0.712. The van der Waals surface area contributed by atoms with Gasteiger partial charge in [0.15, 0.2) is 11.6 Å². The Morgan fingerprint density at radius 3 is 1.10 bits per heavy atom. The molecule has 1 aliphatic rings. The van der Waals surface area contributed by atoms with Crippen LogP contribution in [0.4, 0.5) is 38.5 Å². The van der Waals surface area contributed by atoms with Crippen LogP contribution in [-0.2, 0) is 6.42 Å². The van der Waals surface area contributed by atoms with Gasteiger partial charge in [0, 0.05) is 88.4 Å². The van der Waals surface area contributed by atoms with E-state index >= 15 is 0 Å². The van der Waals surface area contributed by atoms with Gasteiger partial charge in [-0.15, -0.1) is 0 Å². The van der Waals surface area contributed by atoms with E-state index in [1.165, 1.54) is 50.1 Å². The minimum Gasteiger partial charge on any atom is -0.310 e. The highest BCUT2D eigenvalue weighted by Gasteiger charge is 2.22. The standard InChI is InChI=1S/C46H32N4.C25H19N.C22H15BrN2.CH3F/c1-5-15-33(16-6-1)42-32-43(48-46(47-42)35-17-7-2-8-18-35)34-25-27-38(28-26-34)50-44-24-14-13-23-40(44)41-31-39(29-30-45(41)50)49(36-19-9-3-10-20-36)37-21-11-4-12-22-37;1-3-10-21(11-4-1)26(22-12-5-2-6-13-22)23-16-15-20-17-19-9-7-8-14-24(19)25(20)18-23;23-19-13-11-17(12-14-19)21-15-20(16-7-3-1-4-8-16)24-22(25-21)18-9-5-2-6-10-18;1-2/h1-32H;1-16,18H,17H2;1-15H;1H3/i;;;1D. The Bertz CT molecular complexity index is 5490. The van der Waals surface area contributed by atoms with Gasteiger partial charge in [0.2, 0.25) is 0 Å².